The number of nitrogens with zero attached hydrogens (tertiary/aromatic N) is 1. The van der Waals surface area contributed by atoms with Gasteiger partial charge >= 0.3 is 0 Å². The predicted molar refractivity (Wildman–Crippen MR) is 120 cm³/mol. The number of amides is 1. The van der Waals surface area contributed by atoms with Gasteiger partial charge in [-0.1, -0.05) is 0 Å². The van der Waals surface area contributed by atoms with Crippen molar-refractivity contribution in [2.75, 3.05) is 26.7 Å². The Kier molecular flexibility index (Phi) is 11.8. The molecule has 0 saturated carbocycles. The molecule has 0 aliphatic heterocycles. The molecule has 0 radical (unpaired) electrons. The minimum atomic E-state index is -0.265. The van der Waals surface area contributed by atoms with Gasteiger partial charge in [0.2, 0.25) is 5.91 Å². The topological polar surface area (TPSA) is 84.0 Å². The van der Waals surface area contributed by atoms with Crippen molar-refractivity contribution in [2.45, 2.75) is 46.3 Å². The van der Waals surface area contributed by atoms with E-state index in [4.69, 9.17) is 9.47 Å². The molecule has 0 aromatic heterocycles. The van der Waals surface area contributed by atoms with E-state index in [1.54, 1.807) is 7.11 Å². The summed E-state index contributed by atoms with van der Waals surface area (Å²) >= 11 is 0. The third-order valence-electron chi connectivity index (χ3n) is 3.19. The van der Waals surface area contributed by atoms with Crippen molar-refractivity contribution in [2.24, 2.45) is 4.99 Å². The highest BCUT2D eigenvalue weighted by molar-refractivity contribution is 14.0. The van der Waals surface area contributed by atoms with Gasteiger partial charge in [-0.25, -0.2) is 4.99 Å². The van der Waals surface area contributed by atoms with E-state index in [9.17, 15) is 4.79 Å². The van der Waals surface area contributed by atoms with Crippen molar-refractivity contribution in [1.29, 1.82) is 0 Å². The van der Waals surface area contributed by atoms with Gasteiger partial charge in [-0.15, -0.1) is 24.0 Å². The minimum absolute atomic E-state index is 0. The number of methoxy groups -OCH3 is 1. The first-order valence-corrected chi connectivity index (χ1v) is 8.87. The molecule has 1 atom stereocenters. The molecule has 1 rings (SSSR count). The van der Waals surface area contributed by atoms with Crippen LogP contribution in [0.2, 0.25) is 0 Å². The summed E-state index contributed by atoms with van der Waals surface area (Å²) in [7, 11) is 1.63. The van der Waals surface area contributed by atoms with Gasteiger partial charge in [0.05, 0.1) is 13.7 Å². The second kappa shape index (κ2) is 12.6. The molecule has 1 amide bonds. The quantitative estimate of drug-likeness (QED) is 0.295. The van der Waals surface area contributed by atoms with Gasteiger partial charge in [-0.3, -0.25) is 4.79 Å². The zero-order chi connectivity index (χ0) is 19.6. The number of benzene rings is 1. The fraction of sp³-hybridized carbons (Fsp3) is 0.579. The number of hydrogen-bond donors (Lipinski definition) is 3. The summed E-state index contributed by atoms with van der Waals surface area (Å²) in [6.45, 7) is 11.1. The van der Waals surface area contributed by atoms with Crippen LogP contribution in [-0.4, -0.2) is 50.3 Å². The van der Waals surface area contributed by atoms with Crippen LogP contribution in [0.1, 0.15) is 34.6 Å². The van der Waals surface area contributed by atoms with Crippen molar-refractivity contribution >= 4 is 35.8 Å². The molecular formula is C19H33IN4O3. The van der Waals surface area contributed by atoms with Crippen LogP contribution >= 0.6 is 24.0 Å². The van der Waals surface area contributed by atoms with Crippen molar-refractivity contribution in [3.05, 3.63) is 24.3 Å². The molecule has 8 heteroatoms. The number of nitrogens with one attached hydrogen (secondary N) is 3. The Morgan fingerprint density at radius 2 is 1.74 bits per heavy atom. The van der Waals surface area contributed by atoms with Gasteiger partial charge in [0, 0.05) is 12.1 Å². The van der Waals surface area contributed by atoms with Crippen molar-refractivity contribution in [3.8, 4) is 11.5 Å². The van der Waals surface area contributed by atoms with Crippen molar-refractivity contribution in [1.82, 2.24) is 16.0 Å². The van der Waals surface area contributed by atoms with E-state index in [0.29, 0.717) is 19.0 Å². The number of rotatable bonds is 8. The average Bonchev–Trinajstić information content (AvgIpc) is 2.56. The Labute approximate surface area is 179 Å². The summed E-state index contributed by atoms with van der Waals surface area (Å²) in [4.78, 5) is 16.2. The fourth-order valence-corrected chi connectivity index (χ4v) is 2.12. The minimum Gasteiger partial charge on any atom is -0.497 e. The molecule has 3 N–H and O–H groups in total. The lowest BCUT2D eigenvalue weighted by molar-refractivity contribution is -0.121. The first-order valence-electron chi connectivity index (χ1n) is 8.87. The molecule has 7 nitrogen and oxygen atoms in total. The van der Waals surface area contributed by atoms with Crippen LogP contribution in [0, 0.1) is 0 Å². The maximum Gasteiger partial charge on any atom is 0.242 e. The Hall–Kier alpha value is -1.71. The van der Waals surface area contributed by atoms with E-state index < -0.39 is 0 Å². The summed E-state index contributed by atoms with van der Waals surface area (Å²) in [6.07, 6.45) is -0.0735. The van der Waals surface area contributed by atoms with Crippen LogP contribution in [0.25, 0.3) is 0 Å². The normalized spacial score (nSPS) is 12.4. The SMILES string of the molecule is CCNC(=NCC(=O)NC(C)(C)C)NCC(C)Oc1ccc(OC)cc1.I. The van der Waals surface area contributed by atoms with Gasteiger partial charge in [0.15, 0.2) is 5.96 Å². The molecule has 154 valence electrons. The molecule has 1 aromatic carbocycles. The van der Waals surface area contributed by atoms with Crippen LogP contribution in [0.3, 0.4) is 0 Å². The average molecular weight is 492 g/mol. The molecule has 0 heterocycles. The summed E-state index contributed by atoms with van der Waals surface area (Å²) in [5.41, 5.74) is -0.265. The summed E-state index contributed by atoms with van der Waals surface area (Å²) in [5.74, 6) is 2.03. The van der Waals surface area contributed by atoms with Gasteiger partial charge in [0.25, 0.3) is 0 Å². The van der Waals surface area contributed by atoms with E-state index in [0.717, 1.165) is 11.5 Å². The largest absolute Gasteiger partial charge is 0.497 e. The second-order valence-corrected chi connectivity index (χ2v) is 6.98. The first kappa shape index (κ1) is 25.3. The number of carbonyl (C=O) groups excluding carboxylic acids is 1. The lowest BCUT2D eigenvalue weighted by Crippen LogP contribution is -2.44. The van der Waals surface area contributed by atoms with Crippen molar-refractivity contribution in [3.63, 3.8) is 0 Å². The monoisotopic (exact) mass is 492 g/mol. The van der Waals surface area contributed by atoms with Crippen LogP contribution in [-0.2, 0) is 4.79 Å². The standard InChI is InChI=1S/C19H32N4O3.HI/c1-7-20-18(22-13-17(24)23-19(3,4)5)21-12-14(2)26-16-10-8-15(25-6)9-11-16;/h8-11,14H,7,12-13H2,1-6H3,(H,23,24)(H2,20,21,22);1H. The van der Waals surface area contributed by atoms with Crippen LogP contribution in [0.15, 0.2) is 29.3 Å². The molecule has 0 aliphatic rings. The third-order valence-corrected chi connectivity index (χ3v) is 3.19. The van der Waals surface area contributed by atoms with Gasteiger partial charge < -0.3 is 25.4 Å². The molecule has 0 saturated heterocycles. The number of ether oxygens (including phenoxy) is 2. The predicted octanol–water partition coefficient (Wildman–Crippen LogP) is 2.55. The van der Waals surface area contributed by atoms with Crippen LogP contribution < -0.4 is 25.4 Å². The number of hydrogen-bond acceptors (Lipinski definition) is 4. The Balaban J connectivity index is 0.00000676. The van der Waals surface area contributed by atoms with Crippen LogP contribution in [0.5, 0.6) is 11.5 Å². The lowest BCUT2D eigenvalue weighted by atomic mass is 10.1. The first-order chi connectivity index (χ1) is 12.2. The fourth-order valence-electron chi connectivity index (χ4n) is 2.12. The Morgan fingerprint density at radius 3 is 2.26 bits per heavy atom. The number of halogens is 1. The third kappa shape index (κ3) is 11.6. The smallest absolute Gasteiger partial charge is 0.242 e. The van der Waals surface area contributed by atoms with E-state index in [1.165, 1.54) is 0 Å². The Bertz CT molecular complexity index is 586. The van der Waals surface area contributed by atoms with Gasteiger partial charge in [-0.05, 0) is 58.9 Å². The molecule has 0 fully saturated rings. The highest BCUT2D eigenvalue weighted by atomic mass is 127. The lowest BCUT2D eigenvalue weighted by Gasteiger charge is -2.20. The van der Waals surface area contributed by atoms with Crippen LogP contribution in [0.4, 0.5) is 0 Å². The number of aliphatic imine (C=N–C) groups is 1. The summed E-state index contributed by atoms with van der Waals surface area (Å²) in [6, 6.07) is 7.45. The highest BCUT2D eigenvalue weighted by Gasteiger charge is 2.13. The highest BCUT2D eigenvalue weighted by Crippen LogP contribution is 2.17. The molecule has 0 bridgehead atoms. The summed E-state index contributed by atoms with van der Waals surface area (Å²) < 4.78 is 11.0. The summed E-state index contributed by atoms with van der Waals surface area (Å²) in [5, 5.41) is 9.20. The molecule has 0 spiro atoms. The zero-order valence-electron chi connectivity index (χ0n) is 17.1. The Morgan fingerprint density at radius 1 is 1.15 bits per heavy atom. The molecule has 0 aliphatic carbocycles. The second-order valence-electron chi connectivity index (χ2n) is 6.98. The van der Waals surface area contributed by atoms with E-state index in [1.807, 2.05) is 58.9 Å². The molecule has 1 unspecified atom stereocenters. The zero-order valence-corrected chi connectivity index (χ0v) is 19.4. The maximum atomic E-state index is 11.9. The maximum absolute atomic E-state index is 11.9. The van der Waals surface area contributed by atoms with E-state index in [2.05, 4.69) is 20.9 Å². The van der Waals surface area contributed by atoms with E-state index >= 15 is 0 Å². The number of carbonyl (C=O) groups is 1. The van der Waals surface area contributed by atoms with Gasteiger partial charge in [-0.2, -0.15) is 0 Å². The van der Waals surface area contributed by atoms with Crippen molar-refractivity contribution < 1.29 is 14.3 Å². The molecule has 27 heavy (non-hydrogen) atoms. The van der Waals surface area contributed by atoms with Gasteiger partial charge in [0.1, 0.15) is 24.1 Å². The number of guanidine groups is 1. The molecule has 1 aromatic rings. The van der Waals surface area contributed by atoms with E-state index in [-0.39, 0.29) is 48.1 Å². The molecular weight excluding hydrogens is 459 g/mol.